The summed E-state index contributed by atoms with van der Waals surface area (Å²) in [4.78, 5) is 26.0. The number of nitrogens with one attached hydrogen (secondary N) is 1. The molecule has 0 radical (unpaired) electrons. The number of aryl methyl sites for hydroxylation is 1. The smallest absolute Gasteiger partial charge is 0.253 e. The van der Waals surface area contributed by atoms with Gasteiger partial charge in [-0.25, -0.2) is 0 Å². The van der Waals surface area contributed by atoms with Crippen molar-refractivity contribution < 1.29 is 14.3 Å². The van der Waals surface area contributed by atoms with Crippen molar-refractivity contribution in [2.45, 2.75) is 19.4 Å². The van der Waals surface area contributed by atoms with E-state index in [0.717, 1.165) is 16.8 Å². The number of anilines is 1. The highest BCUT2D eigenvalue weighted by atomic mass is 35.5. The molecular formula is C20H21ClN2O3. The Morgan fingerprint density at radius 1 is 1.27 bits per heavy atom. The third kappa shape index (κ3) is 4.84. The second-order valence-electron chi connectivity index (χ2n) is 6.38. The first-order valence-corrected chi connectivity index (χ1v) is 8.89. The molecule has 0 bridgehead atoms. The Morgan fingerprint density at radius 2 is 2.04 bits per heavy atom. The number of ether oxygens (including phenoxy) is 1. The van der Waals surface area contributed by atoms with Crippen LogP contribution in [0.3, 0.4) is 0 Å². The number of benzene rings is 2. The SMILES string of the molecule is Cc1cccc(N2CC(CNC(=O)Cc3ccc(Cl)cc3)OCC2=O)c1. The Kier molecular flexibility index (Phi) is 5.91. The van der Waals surface area contributed by atoms with Crippen molar-refractivity contribution in [1.29, 1.82) is 0 Å². The lowest BCUT2D eigenvalue weighted by Crippen LogP contribution is -2.50. The van der Waals surface area contributed by atoms with Crippen LogP contribution in [0.5, 0.6) is 0 Å². The summed E-state index contributed by atoms with van der Waals surface area (Å²) in [6.07, 6.45) is 0.0482. The molecule has 1 saturated heterocycles. The van der Waals surface area contributed by atoms with Crippen LogP contribution >= 0.6 is 11.6 Å². The van der Waals surface area contributed by atoms with Crippen LogP contribution in [-0.2, 0) is 20.7 Å². The van der Waals surface area contributed by atoms with E-state index in [4.69, 9.17) is 16.3 Å². The van der Waals surface area contributed by atoms with E-state index in [0.29, 0.717) is 18.1 Å². The highest BCUT2D eigenvalue weighted by Crippen LogP contribution is 2.19. The molecule has 6 heteroatoms. The summed E-state index contributed by atoms with van der Waals surface area (Å²) in [6, 6.07) is 15.0. The van der Waals surface area contributed by atoms with E-state index >= 15 is 0 Å². The number of carbonyl (C=O) groups is 2. The molecule has 0 aliphatic carbocycles. The lowest BCUT2D eigenvalue weighted by molar-refractivity contribution is -0.129. The fourth-order valence-electron chi connectivity index (χ4n) is 2.87. The average molecular weight is 373 g/mol. The van der Waals surface area contributed by atoms with Crippen molar-refractivity contribution in [3.05, 3.63) is 64.7 Å². The van der Waals surface area contributed by atoms with E-state index in [-0.39, 0.29) is 30.9 Å². The minimum Gasteiger partial charge on any atom is -0.365 e. The fraction of sp³-hybridized carbons (Fsp3) is 0.300. The van der Waals surface area contributed by atoms with Gasteiger partial charge in [-0.15, -0.1) is 0 Å². The molecule has 0 saturated carbocycles. The minimum atomic E-state index is -0.234. The Morgan fingerprint density at radius 3 is 2.77 bits per heavy atom. The molecule has 2 amide bonds. The molecule has 1 fully saturated rings. The number of halogens is 1. The van der Waals surface area contributed by atoms with E-state index in [1.165, 1.54) is 0 Å². The molecule has 1 N–H and O–H groups in total. The molecule has 1 aliphatic heterocycles. The first kappa shape index (κ1) is 18.4. The second-order valence-corrected chi connectivity index (χ2v) is 6.82. The zero-order chi connectivity index (χ0) is 18.5. The van der Waals surface area contributed by atoms with Gasteiger partial charge < -0.3 is 15.0 Å². The maximum absolute atomic E-state index is 12.2. The molecule has 0 aromatic heterocycles. The zero-order valence-electron chi connectivity index (χ0n) is 14.6. The van der Waals surface area contributed by atoms with Crippen LogP contribution in [0, 0.1) is 6.92 Å². The number of rotatable bonds is 5. The van der Waals surface area contributed by atoms with E-state index in [1.807, 2.05) is 43.3 Å². The van der Waals surface area contributed by atoms with Crippen LogP contribution in [0.15, 0.2) is 48.5 Å². The molecule has 26 heavy (non-hydrogen) atoms. The van der Waals surface area contributed by atoms with Gasteiger partial charge >= 0.3 is 0 Å². The summed E-state index contributed by atoms with van der Waals surface area (Å²) >= 11 is 5.85. The van der Waals surface area contributed by atoms with Gasteiger partial charge in [-0.05, 0) is 42.3 Å². The van der Waals surface area contributed by atoms with Gasteiger partial charge in [-0.1, -0.05) is 35.9 Å². The summed E-state index contributed by atoms with van der Waals surface area (Å²) in [5.41, 5.74) is 2.85. The van der Waals surface area contributed by atoms with Crippen LogP contribution in [-0.4, -0.2) is 37.6 Å². The zero-order valence-corrected chi connectivity index (χ0v) is 15.3. The first-order valence-electron chi connectivity index (χ1n) is 8.51. The largest absolute Gasteiger partial charge is 0.365 e. The molecule has 2 aromatic carbocycles. The Bertz CT molecular complexity index is 792. The van der Waals surface area contributed by atoms with Crippen LogP contribution < -0.4 is 10.2 Å². The van der Waals surface area contributed by atoms with Crippen molar-refractivity contribution >= 4 is 29.1 Å². The van der Waals surface area contributed by atoms with Crippen molar-refractivity contribution in [2.75, 3.05) is 24.6 Å². The molecular weight excluding hydrogens is 352 g/mol. The number of nitrogens with zero attached hydrogens (tertiary/aromatic N) is 1. The van der Waals surface area contributed by atoms with Crippen LogP contribution in [0.1, 0.15) is 11.1 Å². The highest BCUT2D eigenvalue weighted by molar-refractivity contribution is 6.30. The summed E-state index contributed by atoms with van der Waals surface area (Å²) < 4.78 is 5.57. The second kappa shape index (κ2) is 8.34. The van der Waals surface area contributed by atoms with Crippen molar-refractivity contribution in [3.8, 4) is 0 Å². The monoisotopic (exact) mass is 372 g/mol. The fourth-order valence-corrected chi connectivity index (χ4v) is 3.00. The molecule has 1 unspecified atom stereocenters. The predicted octanol–water partition coefficient (Wildman–Crippen LogP) is 2.74. The van der Waals surface area contributed by atoms with Crippen molar-refractivity contribution in [3.63, 3.8) is 0 Å². The summed E-state index contributed by atoms with van der Waals surface area (Å²) in [6.45, 7) is 2.79. The lowest BCUT2D eigenvalue weighted by atomic mass is 10.1. The molecule has 1 heterocycles. The van der Waals surface area contributed by atoms with Crippen molar-refractivity contribution in [1.82, 2.24) is 5.32 Å². The summed E-state index contributed by atoms with van der Waals surface area (Å²) in [7, 11) is 0. The van der Waals surface area contributed by atoms with Gasteiger partial charge in [0.25, 0.3) is 5.91 Å². The number of hydrogen-bond acceptors (Lipinski definition) is 3. The van der Waals surface area contributed by atoms with E-state index < -0.39 is 0 Å². The maximum Gasteiger partial charge on any atom is 0.253 e. The standard InChI is InChI=1S/C20H21ClN2O3/c1-14-3-2-4-17(9-14)23-12-18(26-13-20(23)25)11-22-19(24)10-15-5-7-16(21)8-6-15/h2-9,18H,10-13H2,1H3,(H,22,24). The van der Waals surface area contributed by atoms with E-state index in [2.05, 4.69) is 5.32 Å². The lowest BCUT2D eigenvalue weighted by Gasteiger charge is -2.33. The number of carbonyl (C=O) groups excluding carboxylic acids is 2. The van der Waals surface area contributed by atoms with Gasteiger partial charge in [0.2, 0.25) is 5.91 Å². The summed E-state index contributed by atoms with van der Waals surface area (Å²) in [5, 5.41) is 3.52. The van der Waals surface area contributed by atoms with E-state index in [1.54, 1.807) is 17.0 Å². The van der Waals surface area contributed by atoms with Crippen molar-refractivity contribution in [2.24, 2.45) is 0 Å². The topological polar surface area (TPSA) is 58.6 Å². The van der Waals surface area contributed by atoms with Gasteiger partial charge in [0.1, 0.15) is 6.61 Å². The van der Waals surface area contributed by atoms with Gasteiger partial charge in [0.15, 0.2) is 0 Å². The Balaban J connectivity index is 1.54. The van der Waals surface area contributed by atoms with Gasteiger partial charge in [0.05, 0.1) is 19.1 Å². The van der Waals surface area contributed by atoms with E-state index in [9.17, 15) is 9.59 Å². The third-order valence-electron chi connectivity index (χ3n) is 4.25. The molecule has 2 aromatic rings. The minimum absolute atomic E-state index is 0.0195. The van der Waals surface area contributed by atoms with Gasteiger partial charge in [-0.3, -0.25) is 9.59 Å². The van der Waals surface area contributed by atoms with Gasteiger partial charge in [0, 0.05) is 17.3 Å². The maximum atomic E-state index is 12.2. The first-order chi connectivity index (χ1) is 12.5. The normalized spacial score (nSPS) is 17.2. The number of morpholine rings is 1. The van der Waals surface area contributed by atoms with Gasteiger partial charge in [-0.2, -0.15) is 0 Å². The summed E-state index contributed by atoms with van der Waals surface area (Å²) in [5.74, 6) is -0.158. The Hall–Kier alpha value is -2.37. The molecule has 0 spiro atoms. The number of amides is 2. The Labute approximate surface area is 157 Å². The number of hydrogen-bond donors (Lipinski definition) is 1. The predicted molar refractivity (Wildman–Crippen MR) is 101 cm³/mol. The average Bonchev–Trinajstić information content (AvgIpc) is 2.63. The molecule has 1 aliphatic rings. The third-order valence-corrected chi connectivity index (χ3v) is 4.50. The molecule has 136 valence electrons. The van der Waals surface area contributed by atoms with Crippen LogP contribution in [0.2, 0.25) is 5.02 Å². The quantitative estimate of drug-likeness (QED) is 0.878. The van der Waals surface area contributed by atoms with Crippen LogP contribution in [0.25, 0.3) is 0 Å². The molecule has 1 atom stereocenters. The highest BCUT2D eigenvalue weighted by Gasteiger charge is 2.27. The molecule has 3 rings (SSSR count). The van der Waals surface area contributed by atoms with Crippen LogP contribution in [0.4, 0.5) is 5.69 Å². The molecule has 5 nitrogen and oxygen atoms in total.